The molecule has 0 bridgehead atoms. The summed E-state index contributed by atoms with van der Waals surface area (Å²) < 4.78 is 5.54. The summed E-state index contributed by atoms with van der Waals surface area (Å²) in [6.07, 6.45) is 2.08. The molecular weight excluding hydrogens is 250 g/mol. The number of nitrogens with one attached hydrogen (secondary N) is 1. The molecule has 0 aromatic heterocycles. The summed E-state index contributed by atoms with van der Waals surface area (Å²) >= 11 is 1.82. The second-order valence-corrected chi connectivity index (χ2v) is 4.59. The third-order valence-corrected chi connectivity index (χ3v) is 2.90. The number of thioether (sulfide) groups is 1. The lowest BCUT2D eigenvalue weighted by Gasteiger charge is -2.07. The smallest absolute Gasteiger partial charge is 0.170 e. The molecular formula is C12H19N3O2S. The number of benzene rings is 1. The second kappa shape index (κ2) is 8.66. The van der Waals surface area contributed by atoms with Crippen LogP contribution >= 0.6 is 11.8 Å². The minimum atomic E-state index is 0.0975. The normalized spacial score (nSPS) is 11.5. The Morgan fingerprint density at radius 1 is 1.39 bits per heavy atom. The van der Waals surface area contributed by atoms with Crippen molar-refractivity contribution in [1.29, 1.82) is 0 Å². The average molecular weight is 269 g/mol. The van der Waals surface area contributed by atoms with Gasteiger partial charge in [0.25, 0.3) is 0 Å². The fourth-order valence-electron chi connectivity index (χ4n) is 1.32. The van der Waals surface area contributed by atoms with Crippen molar-refractivity contribution in [2.75, 3.05) is 31.7 Å². The van der Waals surface area contributed by atoms with Crippen LogP contribution < -0.4 is 15.8 Å². The van der Waals surface area contributed by atoms with E-state index in [2.05, 4.69) is 16.7 Å². The van der Waals surface area contributed by atoms with Gasteiger partial charge in [-0.1, -0.05) is 5.16 Å². The highest BCUT2D eigenvalue weighted by Crippen LogP contribution is 2.11. The summed E-state index contributed by atoms with van der Waals surface area (Å²) in [7, 11) is 0. The molecule has 5 nitrogen and oxygen atoms in total. The van der Waals surface area contributed by atoms with Crippen LogP contribution in [0.4, 0.5) is 0 Å². The Hall–Kier alpha value is -1.40. The van der Waals surface area contributed by atoms with Crippen molar-refractivity contribution in [1.82, 2.24) is 5.32 Å². The van der Waals surface area contributed by atoms with E-state index in [1.165, 1.54) is 0 Å². The van der Waals surface area contributed by atoms with E-state index in [0.717, 1.165) is 24.6 Å². The van der Waals surface area contributed by atoms with Crippen molar-refractivity contribution < 1.29 is 9.94 Å². The summed E-state index contributed by atoms with van der Waals surface area (Å²) in [6.45, 7) is 2.44. The van der Waals surface area contributed by atoms with Crippen LogP contribution in [0.3, 0.4) is 0 Å². The van der Waals surface area contributed by atoms with Crippen molar-refractivity contribution in [3.05, 3.63) is 29.8 Å². The zero-order valence-corrected chi connectivity index (χ0v) is 11.2. The molecule has 0 saturated carbocycles. The van der Waals surface area contributed by atoms with E-state index >= 15 is 0 Å². The Balaban J connectivity index is 2.27. The molecule has 4 N–H and O–H groups in total. The molecule has 18 heavy (non-hydrogen) atoms. The molecule has 0 spiro atoms. The summed E-state index contributed by atoms with van der Waals surface area (Å²) in [5.41, 5.74) is 6.13. The van der Waals surface area contributed by atoms with Gasteiger partial charge in [-0.15, -0.1) is 0 Å². The van der Waals surface area contributed by atoms with E-state index in [9.17, 15) is 0 Å². The molecule has 0 aliphatic heterocycles. The van der Waals surface area contributed by atoms with E-state index in [0.29, 0.717) is 12.2 Å². The molecule has 100 valence electrons. The molecule has 0 heterocycles. The zero-order valence-electron chi connectivity index (χ0n) is 10.4. The lowest BCUT2D eigenvalue weighted by molar-refractivity contribution is 0.315. The molecule has 6 heteroatoms. The van der Waals surface area contributed by atoms with Crippen molar-refractivity contribution in [2.45, 2.75) is 0 Å². The minimum Gasteiger partial charge on any atom is -0.492 e. The maximum atomic E-state index is 8.52. The molecule has 1 aromatic carbocycles. The van der Waals surface area contributed by atoms with Gasteiger partial charge in [-0.3, -0.25) is 0 Å². The lowest BCUT2D eigenvalue weighted by atomic mass is 10.2. The molecule has 0 aliphatic rings. The van der Waals surface area contributed by atoms with Crippen molar-refractivity contribution in [3.63, 3.8) is 0 Å². The van der Waals surface area contributed by atoms with Gasteiger partial charge < -0.3 is 21.0 Å². The van der Waals surface area contributed by atoms with Crippen molar-refractivity contribution in [3.8, 4) is 5.75 Å². The maximum Gasteiger partial charge on any atom is 0.170 e. The van der Waals surface area contributed by atoms with Gasteiger partial charge in [-0.25, -0.2) is 0 Å². The quantitative estimate of drug-likeness (QED) is 0.217. The molecule has 0 radical (unpaired) electrons. The molecule has 0 unspecified atom stereocenters. The van der Waals surface area contributed by atoms with Crippen LogP contribution in [-0.2, 0) is 0 Å². The highest BCUT2D eigenvalue weighted by atomic mass is 32.2. The van der Waals surface area contributed by atoms with Gasteiger partial charge in [-0.2, -0.15) is 11.8 Å². The van der Waals surface area contributed by atoms with Crippen LogP contribution in [0.5, 0.6) is 5.75 Å². The molecule has 0 amide bonds. The van der Waals surface area contributed by atoms with Crippen LogP contribution in [0.2, 0.25) is 0 Å². The van der Waals surface area contributed by atoms with Crippen LogP contribution in [-0.4, -0.2) is 42.7 Å². The summed E-state index contributed by atoms with van der Waals surface area (Å²) in [6, 6.07) is 7.11. The number of amidine groups is 1. The summed E-state index contributed by atoms with van der Waals surface area (Å²) in [5.74, 6) is 1.98. The zero-order chi connectivity index (χ0) is 13.2. The highest BCUT2D eigenvalue weighted by molar-refractivity contribution is 7.98. The third kappa shape index (κ3) is 5.29. The first-order valence-electron chi connectivity index (χ1n) is 5.68. The number of hydrogen-bond acceptors (Lipinski definition) is 5. The Labute approximate surface area is 111 Å². The number of ether oxygens (including phenoxy) is 1. The van der Waals surface area contributed by atoms with Crippen LogP contribution in [0.25, 0.3) is 0 Å². The maximum absolute atomic E-state index is 8.52. The third-order valence-electron chi connectivity index (χ3n) is 2.29. The fourth-order valence-corrected chi connectivity index (χ4v) is 1.67. The minimum absolute atomic E-state index is 0.0975. The molecule has 0 aliphatic carbocycles. The van der Waals surface area contributed by atoms with Gasteiger partial charge in [0.1, 0.15) is 12.4 Å². The number of rotatable bonds is 8. The molecule has 1 aromatic rings. The topological polar surface area (TPSA) is 79.9 Å². The number of nitrogens with zero attached hydrogens (tertiary/aromatic N) is 1. The predicted molar refractivity (Wildman–Crippen MR) is 75.7 cm³/mol. The fraction of sp³-hybridized carbons (Fsp3) is 0.417. The molecule has 0 fully saturated rings. The number of nitrogens with two attached hydrogens (primary N) is 1. The van der Waals surface area contributed by atoms with Gasteiger partial charge in [0.15, 0.2) is 5.84 Å². The Morgan fingerprint density at radius 3 is 2.72 bits per heavy atom. The first-order chi connectivity index (χ1) is 8.77. The van der Waals surface area contributed by atoms with E-state index in [1.807, 2.05) is 11.8 Å². The van der Waals surface area contributed by atoms with E-state index in [1.54, 1.807) is 24.3 Å². The summed E-state index contributed by atoms with van der Waals surface area (Å²) in [5, 5.41) is 14.7. The SMILES string of the molecule is CSCCNCCOc1ccc(C(N)=NO)cc1. The van der Waals surface area contributed by atoms with E-state index in [-0.39, 0.29) is 5.84 Å². The van der Waals surface area contributed by atoms with Crippen molar-refractivity contribution in [2.24, 2.45) is 10.9 Å². The van der Waals surface area contributed by atoms with E-state index in [4.69, 9.17) is 15.7 Å². The Kier molecular flexibility index (Phi) is 7.05. The average Bonchev–Trinajstić information content (AvgIpc) is 2.42. The second-order valence-electron chi connectivity index (χ2n) is 3.60. The number of hydrogen-bond donors (Lipinski definition) is 3. The lowest BCUT2D eigenvalue weighted by Crippen LogP contribution is -2.23. The number of oxime groups is 1. The standard InChI is InChI=1S/C12H19N3O2S/c1-18-9-7-14-6-8-17-11-4-2-10(3-5-11)12(13)15-16/h2-5,14,16H,6-9H2,1H3,(H2,13,15). The van der Waals surface area contributed by atoms with Gasteiger partial charge >= 0.3 is 0 Å². The van der Waals surface area contributed by atoms with E-state index < -0.39 is 0 Å². The van der Waals surface area contributed by atoms with Gasteiger partial charge in [0, 0.05) is 24.4 Å². The first-order valence-corrected chi connectivity index (χ1v) is 7.07. The van der Waals surface area contributed by atoms with Crippen molar-refractivity contribution >= 4 is 17.6 Å². The van der Waals surface area contributed by atoms with Crippen LogP contribution in [0, 0.1) is 0 Å². The first kappa shape index (κ1) is 14.7. The summed E-state index contributed by atoms with van der Waals surface area (Å²) in [4.78, 5) is 0. The van der Waals surface area contributed by atoms with Gasteiger partial charge in [0.2, 0.25) is 0 Å². The molecule has 0 atom stereocenters. The monoisotopic (exact) mass is 269 g/mol. The predicted octanol–water partition coefficient (Wildman–Crippen LogP) is 1.11. The Bertz CT molecular complexity index is 368. The largest absolute Gasteiger partial charge is 0.492 e. The van der Waals surface area contributed by atoms with Crippen LogP contribution in [0.1, 0.15) is 5.56 Å². The highest BCUT2D eigenvalue weighted by Gasteiger charge is 1.99. The van der Waals surface area contributed by atoms with Crippen LogP contribution in [0.15, 0.2) is 29.4 Å². The molecule has 1 rings (SSSR count). The molecule has 0 saturated heterocycles. The van der Waals surface area contributed by atoms with Gasteiger partial charge in [-0.05, 0) is 30.5 Å². The Morgan fingerprint density at radius 2 is 2.11 bits per heavy atom. The van der Waals surface area contributed by atoms with Gasteiger partial charge in [0.05, 0.1) is 0 Å².